The number of nitrogens with one attached hydrogen (secondary N) is 1. The topological polar surface area (TPSA) is 147 Å². The van der Waals surface area contributed by atoms with Gasteiger partial charge in [-0.1, -0.05) is 35.3 Å². The fourth-order valence-corrected chi connectivity index (χ4v) is 4.21. The summed E-state index contributed by atoms with van der Waals surface area (Å²) in [6, 6.07) is 15.1. The van der Waals surface area contributed by atoms with E-state index in [2.05, 4.69) is 15.3 Å². The normalized spacial score (nSPS) is 12.8. The van der Waals surface area contributed by atoms with Crippen LogP contribution in [0, 0.1) is 17.1 Å². The van der Waals surface area contributed by atoms with E-state index in [4.69, 9.17) is 38.9 Å². The number of carbonyl (C=O) groups excluding carboxylic acids is 3. The number of hydrogen-bond acceptors (Lipinski definition) is 8. The highest BCUT2D eigenvalue weighted by Gasteiger charge is 2.27. The number of nitrogens with two attached hydrogens (primary N) is 1. The van der Waals surface area contributed by atoms with Crippen molar-refractivity contribution < 1.29 is 28.2 Å². The number of fused-ring (bicyclic) bond motifs is 1. The van der Waals surface area contributed by atoms with Crippen LogP contribution in [-0.2, 0) is 16.0 Å². The highest BCUT2D eigenvalue weighted by atomic mass is 35.5. The highest BCUT2D eigenvalue weighted by molar-refractivity contribution is 6.44. The molecule has 0 atom stereocenters. The van der Waals surface area contributed by atoms with Gasteiger partial charge in [-0.25, -0.2) is 14.0 Å². The minimum atomic E-state index is -1.39. The summed E-state index contributed by atoms with van der Waals surface area (Å²) in [5, 5.41) is 12.7. The third-order valence-corrected chi connectivity index (χ3v) is 5.87. The van der Waals surface area contributed by atoms with Crippen LogP contribution in [0.1, 0.15) is 15.9 Å². The number of hydrazone groups is 1. The molecule has 3 aromatic carbocycles. The number of halogens is 3. The molecule has 1 heterocycles. The summed E-state index contributed by atoms with van der Waals surface area (Å²) in [6.45, 7) is 0.288. The molecule has 1 aliphatic rings. The van der Waals surface area contributed by atoms with Crippen LogP contribution >= 0.6 is 23.2 Å². The molecule has 0 saturated carbocycles. The second-order valence-electron chi connectivity index (χ2n) is 7.74. The molecule has 38 heavy (non-hydrogen) atoms. The number of anilines is 2. The van der Waals surface area contributed by atoms with Crippen molar-refractivity contribution >= 4 is 58.3 Å². The van der Waals surface area contributed by atoms with E-state index < -0.39 is 23.6 Å². The molecule has 10 nitrogen and oxygen atoms in total. The van der Waals surface area contributed by atoms with E-state index in [1.165, 1.54) is 29.2 Å². The Hall–Kier alpha value is -4.66. The zero-order valence-corrected chi connectivity index (χ0v) is 20.7. The van der Waals surface area contributed by atoms with Crippen LogP contribution in [0.3, 0.4) is 0 Å². The molecule has 0 unspecified atom stereocenters. The van der Waals surface area contributed by atoms with Gasteiger partial charge in [0.1, 0.15) is 17.6 Å². The van der Waals surface area contributed by atoms with Gasteiger partial charge in [-0.15, -0.1) is 0 Å². The molecule has 0 aliphatic carbocycles. The Morgan fingerprint density at radius 1 is 1.13 bits per heavy atom. The van der Waals surface area contributed by atoms with Crippen molar-refractivity contribution in [2.24, 2.45) is 10.8 Å². The first kappa shape index (κ1) is 26.4. The smallest absolute Gasteiger partial charge is 0.412 e. The van der Waals surface area contributed by atoms with Crippen molar-refractivity contribution in [3.63, 3.8) is 0 Å². The van der Waals surface area contributed by atoms with Crippen molar-refractivity contribution in [2.45, 2.75) is 6.42 Å². The number of ether oxygens (including phenoxy) is 2. The molecular weight excluding hydrogens is 540 g/mol. The summed E-state index contributed by atoms with van der Waals surface area (Å²) in [5.41, 5.74) is 7.93. The van der Waals surface area contributed by atoms with Gasteiger partial charge < -0.3 is 20.1 Å². The molecule has 0 radical (unpaired) electrons. The van der Waals surface area contributed by atoms with E-state index in [0.29, 0.717) is 23.3 Å². The summed E-state index contributed by atoms with van der Waals surface area (Å²) in [7, 11) is 0. The maximum atomic E-state index is 14.2. The van der Waals surface area contributed by atoms with Crippen molar-refractivity contribution in [1.82, 2.24) is 0 Å². The molecule has 2 amide bonds. The number of nitrogens with zero attached hydrogens (tertiary/aromatic N) is 3. The van der Waals surface area contributed by atoms with Crippen LogP contribution in [0.4, 0.5) is 20.6 Å². The average Bonchev–Trinajstić information content (AvgIpc) is 2.87. The number of carbonyl (C=O) groups is 3. The Balaban J connectivity index is 1.51. The molecule has 0 fully saturated rings. The Morgan fingerprint density at radius 3 is 2.50 bits per heavy atom. The average molecular weight is 556 g/mol. The van der Waals surface area contributed by atoms with E-state index in [9.17, 15) is 18.8 Å². The third kappa shape index (κ3) is 5.67. The van der Waals surface area contributed by atoms with Crippen molar-refractivity contribution in [1.29, 1.82) is 5.26 Å². The maximum Gasteiger partial charge on any atom is 0.412 e. The molecule has 0 bridgehead atoms. The second-order valence-corrected chi connectivity index (χ2v) is 8.56. The molecule has 0 saturated heterocycles. The number of primary amides is 1. The van der Waals surface area contributed by atoms with Gasteiger partial charge in [0.25, 0.3) is 5.91 Å². The summed E-state index contributed by atoms with van der Waals surface area (Å²) >= 11 is 12.6. The number of para-hydroxylation sites is 1. The third-order valence-electron chi connectivity index (χ3n) is 5.31. The Labute approximate surface area is 224 Å². The monoisotopic (exact) mass is 555 g/mol. The van der Waals surface area contributed by atoms with Crippen LogP contribution in [-0.4, -0.2) is 30.2 Å². The van der Waals surface area contributed by atoms with Gasteiger partial charge in [0.15, 0.2) is 5.75 Å². The van der Waals surface area contributed by atoms with Crippen molar-refractivity contribution in [3.05, 3.63) is 81.6 Å². The summed E-state index contributed by atoms with van der Waals surface area (Å²) in [4.78, 5) is 36.7. The van der Waals surface area contributed by atoms with Gasteiger partial charge in [-0.05, 0) is 54.4 Å². The zero-order valence-electron chi connectivity index (χ0n) is 19.2. The first-order chi connectivity index (χ1) is 18.2. The van der Waals surface area contributed by atoms with Crippen LogP contribution in [0.2, 0.25) is 10.0 Å². The van der Waals surface area contributed by atoms with Gasteiger partial charge in [-0.2, -0.15) is 10.4 Å². The lowest BCUT2D eigenvalue weighted by Gasteiger charge is -2.29. The second kappa shape index (κ2) is 11.2. The van der Waals surface area contributed by atoms with E-state index in [1.807, 2.05) is 0 Å². The van der Waals surface area contributed by atoms with Gasteiger partial charge >= 0.3 is 12.1 Å². The Morgan fingerprint density at radius 2 is 1.84 bits per heavy atom. The molecule has 3 aromatic rings. The Bertz CT molecular complexity index is 1520. The number of amides is 2. The van der Waals surface area contributed by atoms with E-state index in [0.717, 1.165) is 0 Å². The molecule has 13 heteroatoms. The minimum absolute atomic E-state index is 0.0629. The van der Waals surface area contributed by atoms with Crippen molar-refractivity contribution in [3.8, 4) is 17.6 Å². The maximum absolute atomic E-state index is 14.2. The van der Waals surface area contributed by atoms with E-state index in [-0.39, 0.29) is 39.6 Å². The first-order valence-electron chi connectivity index (χ1n) is 10.8. The van der Waals surface area contributed by atoms with Crippen molar-refractivity contribution in [2.75, 3.05) is 16.9 Å². The molecular formula is C25H16Cl2FN5O5. The summed E-state index contributed by atoms with van der Waals surface area (Å²) < 4.78 is 24.2. The lowest BCUT2D eigenvalue weighted by Crippen LogP contribution is -2.38. The van der Waals surface area contributed by atoms with Crippen LogP contribution < -0.4 is 20.8 Å². The number of benzene rings is 3. The number of rotatable bonds is 6. The van der Waals surface area contributed by atoms with Crippen LogP contribution in [0.15, 0.2) is 59.7 Å². The van der Waals surface area contributed by atoms with E-state index >= 15 is 0 Å². The largest absolute Gasteiger partial charge is 0.454 e. The minimum Gasteiger partial charge on any atom is -0.454 e. The lowest BCUT2D eigenvalue weighted by atomic mass is 9.98. The number of esters is 1. The Kier molecular flexibility index (Phi) is 7.76. The standard InChI is InChI=1S/C25H16Cl2FN5O5/c26-17-10-14(31-32-20(12-29)24(35)38-25(30)36)11-18(27)22(17)37-15-5-6-16-13(9-15)7-8-33(23(16)34)21-4-2-1-3-19(21)28/h1-6,9-11,31H,7-8H2,(H2,30,36). The quantitative estimate of drug-likeness (QED) is 0.187. The molecule has 192 valence electrons. The molecule has 0 aromatic heterocycles. The SMILES string of the molecule is N#CC(=NNc1cc(Cl)c(Oc2ccc3c(c2)CCN(c2ccccc2F)C3=O)c(Cl)c1)C(=O)OC(N)=O. The lowest BCUT2D eigenvalue weighted by molar-refractivity contribution is -0.129. The van der Waals surface area contributed by atoms with Gasteiger partial charge in [0.05, 0.1) is 21.4 Å². The predicted molar refractivity (Wildman–Crippen MR) is 137 cm³/mol. The van der Waals surface area contributed by atoms with Crippen LogP contribution in [0.5, 0.6) is 11.5 Å². The first-order valence-corrected chi connectivity index (χ1v) is 11.5. The molecule has 1 aliphatic heterocycles. The predicted octanol–water partition coefficient (Wildman–Crippen LogP) is 5.04. The molecule has 3 N–H and O–H groups in total. The number of hydrogen-bond donors (Lipinski definition) is 2. The highest BCUT2D eigenvalue weighted by Crippen LogP contribution is 2.39. The van der Waals surface area contributed by atoms with Gasteiger partial charge in [0.2, 0.25) is 5.71 Å². The summed E-state index contributed by atoms with van der Waals surface area (Å²) in [5.74, 6) is -1.68. The van der Waals surface area contributed by atoms with E-state index in [1.54, 1.807) is 36.4 Å². The fraction of sp³-hybridized carbons (Fsp3) is 0.0800. The summed E-state index contributed by atoms with van der Waals surface area (Å²) in [6.07, 6.45) is -0.923. The zero-order chi connectivity index (χ0) is 27.4. The fourth-order valence-electron chi connectivity index (χ4n) is 3.64. The molecule has 0 spiro atoms. The molecule has 4 rings (SSSR count). The number of nitriles is 1. The van der Waals surface area contributed by atoms with Gasteiger partial charge in [-0.3, -0.25) is 10.2 Å². The van der Waals surface area contributed by atoms with Gasteiger partial charge in [0, 0.05) is 12.1 Å². The van der Waals surface area contributed by atoms with Crippen LogP contribution in [0.25, 0.3) is 0 Å².